The summed E-state index contributed by atoms with van der Waals surface area (Å²) in [6, 6.07) is 0. The number of aromatic nitrogens is 3. The number of halogens is 2. The Hall–Kier alpha value is -0.270. The summed E-state index contributed by atoms with van der Waals surface area (Å²) in [6.45, 7) is 3.87. The third-order valence-corrected chi connectivity index (χ3v) is 4.48. The van der Waals surface area contributed by atoms with Gasteiger partial charge in [-0.05, 0) is 36.4 Å². The molecule has 0 aliphatic carbocycles. The fourth-order valence-corrected chi connectivity index (χ4v) is 2.15. The van der Waals surface area contributed by atoms with Crippen LogP contribution in [0.25, 0.3) is 11.5 Å². The molecule has 2 aromatic rings. The highest BCUT2D eigenvalue weighted by atomic mass is 127. The maximum Gasteiger partial charge on any atom is 0.180 e. The zero-order chi connectivity index (χ0) is 11.0. The Labute approximate surface area is 110 Å². The standard InChI is InChI=1S/C9H7ClIN3S/c1-4-7(11)8(10)14-9(12-4)6-3-15-5(2)13-6/h3H,1-2H3. The van der Waals surface area contributed by atoms with Crippen molar-refractivity contribution in [2.75, 3.05) is 0 Å². The van der Waals surface area contributed by atoms with Crippen LogP contribution in [0.5, 0.6) is 0 Å². The molecule has 0 saturated carbocycles. The average Bonchev–Trinajstić information content (AvgIpc) is 2.60. The van der Waals surface area contributed by atoms with Crippen LogP contribution in [-0.4, -0.2) is 15.0 Å². The molecule has 0 aliphatic rings. The van der Waals surface area contributed by atoms with Gasteiger partial charge in [0.05, 0.1) is 14.3 Å². The fraction of sp³-hybridized carbons (Fsp3) is 0.222. The first-order valence-electron chi connectivity index (χ1n) is 4.20. The van der Waals surface area contributed by atoms with Crippen molar-refractivity contribution in [2.45, 2.75) is 13.8 Å². The molecule has 0 amide bonds. The third kappa shape index (κ3) is 2.29. The van der Waals surface area contributed by atoms with Gasteiger partial charge in [0.1, 0.15) is 10.8 Å². The van der Waals surface area contributed by atoms with E-state index in [-0.39, 0.29) is 0 Å². The quantitative estimate of drug-likeness (QED) is 0.583. The maximum atomic E-state index is 5.99. The van der Waals surface area contributed by atoms with E-state index >= 15 is 0 Å². The van der Waals surface area contributed by atoms with Crippen molar-refractivity contribution in [3.05, 3.63) is 24.8 Å². The van der Waals surface area contributed by atoms with E-state index < -0.39 is 0 Å². The highest BCUT2D eigenvalue weighted by molar-refractivity contribution is 14.1. The zero-order valence-electron chi connectivity index (χ0n) is 8.08. The van der Waals surface area contributed by atoms with Crippen LogP contribution < -0.4 is 0 Å². The molecule has 0 N–H and O–H groups in total. The molecule has 6 heteroatoms. The summed E-state index contributed by atoms with van der Waals surface area (Å²) in [7, 11) is 0. The van der Waals surface area contributed by atoms with Crippen molar-refractivity contribution < 1.29 is 0 Å². The minimum absolute atomic E-state index is 0.490. The van der Waals surface area contributed by atoms with E-state index in [0.29, 0.717) is 11.0 Å². The van der Waals surface area contributed by atoms with E-state index in [1.54, 1.807) is 11.3 Å². The molecule has 2 heterocycles. The summed E-state index contributed by atoms with van der Waals surface area (Å²) < 4.78 is 0.893. The predicted molar refractivity (Wildman–Crippen MR) is 70.3 cm³/mol. The van der Waals surface area contributed by atoms with Gasteiger partial charge in [-0.2, -0.15) is 0 Å². The van der Waals surface area contributed by atoms with Gasteiger partial charge in [0.25, 0.3) is 0 Å². The molecular weight excluding hydrogens is 345 g/mol. The van der Waals surface area contributed by atoms with Crippen LogP contribution in [0.2, 0.25) is 5.15 Å². The summed E-state index contributed by atoms with van der Waals surface area (Å²) in [5.74, 6) is 0.599. The van der Waals surface area contributed by atoms with Crippen LogP contribution in [0.4, 0.5) is 0 Å². The van der Waals surface area contributed by atoms with Gasteiger partial charge in [0, 0.05) is 5.38 Å². The molecule has 78 valence electrons. The van der Waals surface area contributed by atoms with E-state index in [2.05, 4.69) is 37.5 Å². The largest absolute Gasteiger partial charge is 0.238 e. The molecule has 2 rings (SSSR count). The number of hydrogen-bond donors (Lipinski definition) is 0. The number of rotatable bonds is 1. The number of nitrogens with zero attached hydrogens (tertiary/aromatic N) is 3. The van der Waals surface area contributed by atoms with Crippen LogP contribution in [0.3, 0.4) is 0 Å². The number of thiazole rings is 1. The van der Waals surface area contributed by atoms with Crippen LogP contribution in [-0.2, 0) is 0 Å². The molecule has 0 unspecified atom stereocenters. The van der Waals surface area contributed by atoms with Crippen LogP contribution in [0, 0.1) is 17.4 Å². The Kier molecular flexibility index (Phi) is 3.22. The lowest BCUT2D eigenvalue weighted by atomic mass is 10.4. The first-order chi connectivity index (χ1) is 7.08. The molecule has 3 nitrogen and oxygen atoms in total. The highest BCUT2D eigenvalue weighted by Gasteiger charge is 2.10. The second-order valence-electron chi connectivity index (χ2n) is 2.99. The van der Waals surface area contributed by atoms with Crippen LogP contribution in [0.1, 0.15) is 10.7 Å². The van der Waals surface area contributed by atoms with E-state index in [0.717, 1.165) is 20.0 Å². The summed E-state index contributed by atoms with van der Waals surface area (Å²) >= 11 is 9.71. The lowest BCUT2D eigenvalue weighted by Crippen LogP contribution is -1.96. The average molecular weight is 352 g/mol. The second kappa shape index (κ2) is 4.31. The van der Waals surface area contributed by atoms with Gasteiger partial charge >= 0.3 is 0 Å². The molecule has 15 heavy (non-hydrogen) atoms. The summed E-state index contributed by atoms with van der Waals surface area (Å²) in [6.07, 6.45) is 0. The van der Waals surface area contributed by atoms with Crippen LogP contribution >= 0.6 is 45.5 Å². The summed E-state index contributed by atoms with van der Waals surface area (Å²) in [5, 5.41) is 3.43. The molecule has 0 aliphatic heterocycles. The molecule has 0 atom stereocenters. The summed E-state index contributed by atoms with van der Waals surface area (Å²) in [4.78, 5) is 12.9. The number of hydrogen-bond acceptors (Lipinski definition) is 4. The van der Waals surface area contributed by atoms with Gasteiger partial charge in [-0.3, -0.25) is 0 Å². The third-order valence-electron chi connectivity index (χ3n) is 1.82. The van der Waals surface area contributed by atoms with Gasteiger partial charge in [-0.15, -0.1) is 11.3 Å². The van der Waals surface area contributed by atoms with Gasteiger partial charge in [0.15, 0.2) is 5.82 Å². The highest BCUT2D eigenvalue weighted by Crippen LogP contribution is 2.24. The van der Waals surface area contributed by atoms with Crippen molar-refractivity contribution in [3.8, 4) is 11.5 Å². The Morgan fingerprint density at radius 1 is 1.27 bits per heavy atom. The fourth-order valence-electron chi connectivity index (χ4n) is 1.10. The van der Waals surface area contributed by atoms with Gasteiger partial charge in [0.2, 0.25) is 0 Å². The first-order valence-corrected chi connectivity index (χ1v) is 6.53. The van der Waals surface area contributed by atoms with E-state index in [1.807, 2.05) is 19.2 Å². The van der Waals surface area contributed by atoms with Gasteiger partial charge < -0.3 is 0 Å². The normalized spacial score (nSPS) is 10.7. The molecule has 0 bridgehead atoms. The van der Waals surface area contributed by atoms with E-state index in [9.17, 15) is 0 Å². The molecule has 0 saturated heterocycles. The lowest BCUT2D eigenvalue weighted by Gasteiger charge is -2.02. The topological polar surface area (TPSA) is 38.7 Å². The second-order valence-corrected chi connectivity index (χ2v) is 5.49. The SMILES string of the molecule is Cc1nc(-c2nc(C)c(I)c(Cl)n2)cs1. The Balaban J connectivity index is 2.55. The minimum atomic E-state index is 0.490. The van der Waals surface area contributed by atoms with E-state index in [4.69, 9.17) is 11.6 Å². The molecule has 0 spiro atoms. The lowest BCUT2D eigenvalue weighted by molar-refractivity contribution is 1.07. The maximum absolute atomic E-state index is 5.99. The molecule has 0 aromatic carbocycles. The Morgan fingerprint density at radius 3 is 2.53 bits per heavy atom. The van der Waals surface area contributed by atoms with Crippen molar-refractivity contribution in [1.29, 1.82) is 0 Å². The molecule has 2 aromatic heterocycles. The van der Waals surface area contributed by atoms with Crippen molar-refractivity contribution >= 4 is 45.5 Å². The molecular formula is C9H7ClIN3S. The van der Waals surface area contributed by atoms with Gasteiger partial charge in [-0.1, -0.05) is 11.6 Å². The molecule has 0 radical (unpaired) electrons. The monoisotopic (exact) mass is 351 g/mol. The number of aryl methyl sites for hydroxylation is 2. The minimum Gasteiger partial charge on any atom is -0.238 e. The van der Waals surface area contributed by atoms with Crippen LogP contribution in [0.15, 0.2) is 5.38 Å². The van der Waals surface area contributed by atoms with E-state index in [1.165, 1.54) is 0 Å². The zero-order valence-corrected chi connectivity index (χ0v) is 11.8. The van der Waals surface area contributed by atoms with Crippen molar-refractivity contribution in [3.63, 3.8) is 0 Å². The smallest absolute Gasteiger partial charge is 0.180 e. The first kappa shape index (κ1) is 11.2. The summed E-state index contributed by atoms with van der Waals surface area (Å²) in [5.41, 5.74) is 1.68. The van der Waals surface area contributed by atoms with Crippen molar-refractivity contribution in [2.24, 2.45) is 0 Å². The van der Waals surface area contributed by atoms with Crippen molar-refractivity contribution in [1.82, 2.24) is 15.0 Å². The Morgan fingerprint density at radius 2 is 2.00 bits per heavy atom. The Bertz CT molecular complexity index is 489. The molecule has 0 fully saturated rings. The predicted octanol–water partition coefficient (Wildman–Crippen LogP) is 3.47. The van der Waals surface area contributed by atoms with Gasteiger partial charge in [-0.25, -0.2) is 15.0 Å².